The van der Waals surface area contributed by atoms with E-state index in [4.69, 9.17) is 11.6 Å². The van der Waals surface area contributed by atoms with Crippen LogP contribution in [-0.2, 0) is 11.3 Å². The molecule has 0 aliphatic carbocycles. The Bertz CT molecular complexity index is 703. The summed E-state index contributed by atoms with van der Waals surface area (Å²) in [6.45, 7) is 0.193. The van der Waals surface area contributed by atoms with E-state index in [2.05, 4.69) is 26.1 Å². The van der Waals surface area contributed by atoms with Gasteiger partial charge in [0.2, 0.25) is 4.47 Å². The minimum Gasteiger partial charge on any atom is -0.298 e. The maximum atomic E-state index is 12.0. The van der Waals surface area contributed by atoms with E-state index in [0.717, 1.165) is 4.47 Å². The lowest BCUT2D eigenvalue weighted by Gasteiger charge is -2.14. The molecule has 0 N–H and O–H groups in total. The molecule has 2 aromatic rings. The van der Waals surface area contributed by atoms with Crippen molar-refractivity contribution in [2.75, 3.05) is 4.90 Å². The van der Waals surface area contributed by atoms with Gasteiger partial charge in [-0.05, 0) is 29.8 Å². The van der Waals surface area contributed by atoms with Crippen LogP contribution in [0.2, 0.25) is 4.47 Å². The molecule has 0 spiro atoms. The number of ketones is 1. The molecule has 1 aromatic carbocycles. The fraction of sp³-hybridized carbons (Fsp3) is 0.0909. The van der Waals surface area contributed by atoms with Gasteiger partial charge in [-0.1, -0.05) is 27.3 Å². The number of carbonyl (C=O) groups excluding carboxylic acids is 2. The van der Waals surface area contributed by atoms with E-state index in [1.807, 2.05) is 0 Å². The van der Waals surface area contributed by atoms with Gasteiger partial charge in [-0.15, -0.1) is 10.2 Å². The predicted octanol–water partition coefficient (Wildman–Crippen LogP) is 2.68. The third-order valence-electron chi connectivity index (χ3n) is 2.67. The first-order valence-electron chi connectivity index (χ1n) is 5.20. The first kappa shape index (κ1) is 12.7. The van der Waals surface area contributed by atoms with Gasteiger partial charge < -0.3 is 0 Å². The molecule has 1 amide bonds. The molecule has 0 bridgehead atoms. The number of hydrogen-bond acceptors (Lipinski definition) is 5. The van der Waals surface area contributed by atoms with Crippen LogP contribution >= 0.6 is 38.9 Å². The van der Waals surface area contributed by atoms with Gasteiger partial charge in [-0.3, -0.25) is 14.5 Å². The molecule has 8 heteroatoms. The number of hydrogen-bond donors (Lipinski definition) is 0. The van der Waals surface area contributed by atoms with Gasteiger partial charge in [0.15, 0.2) is 0 Å². The van der Waals surface area contributed by atoms with Gasteiger partial charge in [0.05, 0.1) is 17.8 Å². The Balaban J connectivity index is 2.01. The van der Waals surface area contributed by atoms with Crippen molar-refractivity contribution in [2.45, 2.75) is 6.54 Å². The van der Waals surface area contributed by atoms with Crippen LogP contribution in [0.5, 0.6) is 0 Å². The Morgan fingerprint density at radius 1 is 1.32 bits per heavy atom. The monoisotopic (exact) mass is 357 g/mol. The molecule has 0 fully saturated rings. The lowest BCUT2D eigenvalue weighted by Crippen LogP contribution is -2.29. The molecule has 0 atom stereocenters. The van der Waals surface area contributed by atoms with Crippen LogP contribution in [0.25, 0.3) is 0 Å². The summed E-state index contributed by atoms with van der Waals surface area (Å²) in [7, 11) is 0. The van der Waals surface area contributed by atoms with E-state index in [1.54, 1.807) is 18.2 Å². The Morgan fingerprint density at radius 2 is 2.11 bits per heavy atom. The summed E-state index contributed by atoms with van der Waals surface area (Å²) in [4.78, 5) is 25.2. The van der Waals surface area contributed by atoms with Crippen LogP contribution in [0.15, 0.2) is 22.7 Å². The maximum absolute atomic E-state index is 12.0. The number of carbonyl (C=O) groups is 2. The van der Waals surface area contributed by atoms with Crippen molar-refractivity contribution in [3.05, 3.63) is 37.7 Å². The van der Waals surface area contributed by atoms with Crippen LogP contribution in [0.1, 0.15) is 15.4 Å². The highest BCUT2D eigenvalue weighted by molar-refractivity contribution is 9.10. The van der Waals surface area contributed by atoms with Gasteiger partial charge in [0, 0.05) is 4.47 Å². The number of anilines is 1. The first-order chi connectivity index (χ1) is 9.06. The van der Waals surface area contributed by atoms with E-state index in [9.17, 15) is 9.59 Å². The van der Waals surface area contributed by atoms with E-state index >= 15 is 0 Å². The summed E-state index contributed by atoms with van der Waals surface area (Å²) in [5.74, 6) is -1.06. The molecule has 1 aromatic heterocycles. The quantitative estimate of drug-likeness (QED) is 0.774. The summed E-state index contributed by atoms with van der Waals surface area (Å²) < 4.78 is 1.11. The van der Waals surface area contributed by atoms with E-state index in [-0.39, 0.29) is 6.54 Å². The van der Waals surface area contributed by atoms with Crippen molar-refractivity contribution in [1.29, 1.82) is 0 Å². The molecule has 2 heterocycles. The zero-order chi connectivity index (χ0) is 13.6. The number of benzene rings is 1. The molecular formula is C11H5BrClN3O2S. The highest BCUT2D eigenvalue weighted by Gasteiger charge is 2.36. The summed E-state index contributed by atoms with van der Waals surface area (Å²) >= 11 is 10.2. The van der Waals surface area contributed by atoms with Gasteiger partial charge >= 0.3 is 0 Å². The Labute approximate surface area is 125 Å². The van der Waals surface area contributed by atoms with Gasteiger partial charge in [-0.25, -0.2) is 0 Å². The van der Waals surface area contributed by atoms with Gasteiger partial charge in [-0.2, -0.15) is 0 Å². The zero-order valence-electron chi connectivity index (χ0n) is 9.26. The van der Waals surface area contributed by atoms with Crippen molar-refractivity contribution in [1.82, 2.24) is 10.2 Å². The van der Waals surface area contributed by atoms with E-state index < -0.39 is 11.7 Å². The highest BCUT2D eigenvalue weighted by atomic mass is 79.9. The lowest BCUT2D eigenvalue weighted by atomic mass is 10.1. The van der Waals surface area contributed by atoms with Crippen molar-refractivity contribution in [2.24, 2.45) is 0 Å². The largest absolute Gasteiger partial charge is 0.299 e. The number of Topliss-reactive ketones (excluding diaryl/α,β-unsaturated/α-hetero) is 1. The first-order valence-corrected chi connectivity index (χ1v) is 7.18. The fourth-order valence-electron chi connectivity index (χ4n) is 1.86. The minimum atomic E-state index is -0.556. The van der Waals surface area contributed by atoms with Crippen LogP contribution in [0.3, 0.4) is 0 Å². The van der Waals surface area contributed by atoms with Crippen LogP contribution in [0, 0.1) is 0 Å². The van der Waals surface area contributed by atoms with Crippen molar-refractivity contribution in [3.8, 4) is 0 Å². The average Bonchev–Trinajstić information content (AvgIpc) is 2.88. The molecule has 19 heavy (non-hydrogen) atoms. The molecule has 3 rings (SSSR count). The summed E-state index contributed by atoms with van der Waals surface area (Å²) in [6, 6.07) is 5.10. The SMILES string of the molecule is O=C1C(=O)N(Cc2nnc(Cl)s2)c2cc(Br)ccc21. The molecule has 0 radical (unpaired) electrons. The maximum Gasteiger partial charge on any atom is 0.299 e. The Kier molecular flexibility index (Phi) is 3.12. The second-order valence-corrected chi connectivity index (χ2v) is 6.39. The number of nitrogens with zero attached hydrogens (tertiary/aromatic N) is 3. The molecule has 1 aliphatic heterocycles. The van der Waals surface area contributed by atoms with Crippen molar-refractivity contribution in [3.63, 3.8) is 0 Å². The van der Waals surface area contributed by atoms with Gasteiger partial charge in [0.1, 0.15) is 5.01 Å². The van der Waals surface area contributed by atoms with Crippen LogP contribution < -0.4 is 4.90 Å². The molecule has 96 valence electrons. The number of fused-ring (bicyclic) bond motifs is 1. The smallest absolute Gasteiger partial charge is 0.298 e. The number of amides is 1. The second kappa shape index (κ2) is 4.66. The third kappa shape index (κ3) is 2.18. The molecular weight excluding hydrogens is 354 g/mol. The predicted molar refractivity (Wildman–Crippen MR) is 74.6 cm³/mol. The number of aromatic nitrogens is 2. The normalized spacial score (nSPS) is 14.1. The van der Waals surface area contributed by atoms with Crippen LogP contribution in [-0.4, -0.2) is 21.9 Å². The van der Waals surface area contributed by atoms with E-state index in [0.29, 0.717) is 20.7 Å². The lowest BCUT2D eigenvalue weighted by molar-refractivity contribution is -0.114. The molecule has 0 saturated carbocycles. The minimum absolute atomic E-state index is 0.193. The van der Waals surface area contributed by atoms with Crippen molar-refractivity contribution >= 4 is 56.2 Å². The number of rotatable bonds is 2. The topological polar surface area (TPSA) is 63.2 Å². The Hall–Kier alpha value is -1.31. The second-order valence-electron chi connectivity index (χ2n) is 3.83. The Morgan fingerprint density at radius 3 is 2.79 bits per heavy atom. The average molecular weight is 359 g/mol. The summed E-state index contributed by atoms with van der Waals surface area (Å²) in [5, 5.41) is 8.11. The molecule has 0 unspecified atom stereocenters. The molecule has 1 aliphatic rings. The fourth-order valence-corrected chi connectivity index (χ4v) is 3.06. The standard InChI is InChI=1S/C11H5BrClN3O2S/c12-5-1-2-6-7(3-5)16(10(18)9(6)17)4-8-14-15-11(13)19-8/h1-3H,4H2. The van der Waals surface area contributed by atoms with Crippen LogP contribution in [0.4, 0.5) is 5.69 Å². The summed E-state index contributed by atoms with van der Waals surface area (Å²) in [5.41, 5.74) is 0.986. The molecule has 5 nitrogen and oxygen atoms in total. The van der Waals surface area contributed by atoms with E-state index in [1.165, 1.54) is 16.2 Å². The third-order valence-corrected chi connectivity index (χ3v) is 4.17. The molecule has 0 saturated heterocycles. The summed E-state index contributed by atoms with van der Waals surface area (Å²) in [6.07, 6.45) is 0. The highest BCUT2D eigenvalue weighted by Crippen LogP contribution is 2.33. The number of halogens is 2. The zero-order valence-corrected chi connectivity index (χ0v) is 12.4. The van der Waals surface area contributed by atoms with Crippen molar-refractivity contribution < 1.29 is 9.59 Å². The van der Waals surface area contributed by atoms with Gasteiger partial charge in [0.25, 0.3) is 11.7 Å².